The van der Waals surface area contributed by atoms with Gasteiger partial charge in [0.2, 0.25) is 0 Å². The van der Waals surface area contributed by atoms with Crippen LogP contribution in [0.15, 0.2) is 47.6 Å². The van der Waals surface area contributed by atoms with Crippen molar-refractivity contribution in [3.05, 3.63) is 58.9 Å². The summed E-state index contributed by atoms with van der Waals surface area (Å²) in [5.41, 5.74) is -0.0711. The topological polar surface area (TPSA) is 42.7 Å². The standard InChI is InChI=1S/C17H14ClF3N4S/c1-10-5-3-4-6-12(10)16-15(17(19,20)21)13(18)7-14(23-16)24-26-11-8-22-25(2)9-11/h3-9H,1-2H3,(H,23,24). The molecule has 0 saturated heterocycles. The van der Waals surface area contributed by atoms with Crippen molar-refractivity contribution in [3.63, 3.8) is 0 Å². The average Bonchev–Trinajstić information content (AvgIpc) is 2.97. The number of alkyl halides is 3. The molecule has 0 atom stereocenters. The van der Waals surface area contributed by atoms with E-state index in [1.165, 1.54) is 18.0 Å². The Balaban J connectivity index is 2.04. The van der Waals surface area contributed by atoms with E-state index in [0.717, 1.165) is 4.90 Å². The summed E-state index contributed by atoms with van der Waals surface area (Å²) in [4.78, 5) is 4.98. The number of aromatic nitrogens is 3. The van der Waals surface area contributed by atoms with Gasteiger partial charge in [-0.25, -0.2) is 4.98 Å². The highest BCUT2D eigenvalue weighted by Gasteiger charge is 2.38. The smallest absolute Gasteiger partial charge is 0.310 e. The van der Waals surface area contributed by atoms with E-state index in [9.17, 15) is 13.2 Å². The Labute approximate surface area is 157 Å². The molecule has 0 spiro atoms. The van der Waals surface area contributed by atoms with Crippen molar-refractivity contribution < 1.29 is 13.2 Å². The fourth-order valence-electron chi connectivity index (χ4n) is 2.43. The van der Waals surface area contributed by atoms with Gasteiger partial charge in [0.15, 0.2) is 0 Å². The molecule has 0 aliphatic carbocycles. The first-order valence-corrected chi connectivity index (χ1v) is 8.70. The Bertz CT molecular complexity index is 940. The van der Waals surface area contributed by atoms with Gasteiger partial charge in [-0.2, -0.15) is 18.3 Å². The van der Waals surface area contributed by atoms with E-state index >= 15 is 0 Å². The summed E-state index contributed by atoms with van der Waals surface area (Å²) in [6.45, 7) is 1.73. The van der Waals surface area contributed by atoms with Gasteiger partial charge >= 0.3 is 6.18 Å². The predicted octanol–water partition coefficient (Wildman–Crippen LogP) is 5.58. The fourth-order valence-corrected chi connectivity index (χ4v) is 3.36. The maximum Gasteiger partial charge on any atom is 0.419 e. The van der Waals surface area contributed by atoms with Gasteiger partial charge in [-0.1, -0.05) is 35.9 Å². The number of benzene rings is 1. The summed E-state index contributed by atoms with van der Waals surface area (Å²) < 4.78 is 45.2. The Kier molecular flexibility index (Phi) is 5.15. The maximum atomic E-state index is 13.6. The van der Waals surface area contributed by atoms with Gasteiger partial charge in [-0.05, 0) is 24.4 Å². The third kappa shape index (κ3) is 3.96. The lowest BCUT2D eigenvalue weighted by atomic mass is 10.0. The van der Waals surface area contributed by atoms with Crippen LogP contribution < -0.4 is 4.72 Å². The number of hydrogen-bond donors (Lipinski definition) is 1. The zero-order valence-corrected chi connectivity index (χ0v) is 15.4. The molecule has 3 aromatic rings. The van der Waals surface area contributed by atoms with E-state index in [1.54, 1.807) is 55.3 Å². The Morgan fingerprint density at radius 1 is 1.23 bits per heavy atom. The second kappa shape index (κ2) is 7.20. The molecule has 0 fully saturated rings. The highest BCUT2D eigenvalue weighted by atomic mass is 35.5. The summed E-state index contributed by atoms with van der Waals surface area (Å²) in [5.74, 6) is 0.232. The average molecular weight is 399 g/mol. The SMILES string of the molecule is Cc1ccccc1-c1nc(NSc2cnn(C)c2)cc(Cl)c1C(F)(F)F. The van der Waals surface area contributed by atoms with Crippen molar-refractivity contribution >= 4 is 29.4 Å². The number of anilines is 1. The Morgan fingerprint density at radius 2 is 1.96 bits per heavy atom. The molecule has 136 valence electrons. The molecular formula is C17H14ClF3N4S. The van der Waals surface area contributed by atoms with Gasteiger partial charge in [0.05, 0.1) is 21.8 Å². The van der Waals surface area contributed by atoms with Gasteiger partial charge < -0.3 is 4.72 Å². The van der Waals surface area contributed by atoms with Crippen molar-refractivity contribution in [1.82, 2.24) is 14.8 Å². The maximum absolute atomic E-state index is 13.6. The second-order valence-electron chi connectivity index (χ2n) is 5.58. The molecule has 2 aromatic heterocycles. The van der Waals surface area contributed by atoms with Crippen molar-refractivity contribution in [3.8, 4) is 11.3 Å². The highest BCUT2D eigenvalue weighted by Crippen LogP contribution is 2.42. The van der Waals surface area contributed by atoms with E-state index in [2.05, 4.69) is 14.8 Å². The van der Waals surface area contributed by atoms with Crippen molar-refractivity contribution in [2.45, 2.75) is 18.0 Å². The number of pyridine rings is 1. The Hall–Kier alpha value is -2.19. The first kappa shape index (κ1) is 18.6. The monoisotopic (exact) mass is 398 g/mol. The first-order chi connectivity index (χ1) is 12.3. The van der Waals surface area contributed by atoms with E-state index in [4.69, 9.17) is 11.6 Å². The van der Waals surface area contributed by atoms with Crippen LogP contribution in [0, 0.1) is 6.92 Å². The lowest BCUT2D eigenvalue weighted by Crippen LogP contribution is -2.11. The molecule has 0 radical (unpaired) electrons. The van der Waals surface area contributed by atoms with Gasteiger partial charge in [0, 0.05) is 24.9 Å². The summed E-state index contributed by atoms with van der Waals surface area (Å²) >= 11 is 7.17. The molecule has 1 aromatic carbocycles. The number of nitrogens with zero attached hydrogens (tertiary/aromatic N) is 3. The molecule has 0 saturated carbocycles. The lowest BCUT2D eigenvalue weighted by molar-refractivity contribution is -0.137. The third-order valence-corrected chi connectivity index (χ3v) is 4.67. The summed E-state index contributed by atoms with van der Waals surface area (Å²) in [6, 6.07) is 7.93. The van der Waals surface area contributed by atoms with Crippen LogP contribution in [0.25, 0.3) is 11.3 Å². The van der Waals surface area contributed by atoms with E-state index in [0.29, 0.717) is 11.1 Å². The zero-order valence-electron chi connectivity index (χ0n) is 13.8. The number of nitrogens with one attached hydrogen (secondary N) is 1. The normalized spacial score (nSPS) is 11.6. The van der Waals surface area contributed by atoms with Crippen LogP contribution in [-0.2, 0) is 13.2 Å². The van der Waals surface area contributed by atoms with Crippen molar-refractivity contribution in [2.75, 3.05) is 4.72 Å². The van der Waals surface area contributed by atoms with Gasteiger partial charge in [0.25, 0.3) is 0 Å². The molecule has 9 heteroatoms. The van der Waals surface area contributed by atoms with Crippen molar-refractivity contribution in [2.24, 2.45) is 7.05 Å². The molecule has 0 bridgehead atoms. The molecule has 1 N–H and O–H groups in total. The lowest BCUT2D eigenvalue weighted by Gasteiger charge is -2.17. The van der Waals surface area contributed by atoms with Crippen LogP contribution in [0.5, 0.6) is 0 Å². The fraction of sp³-hybridized carbons (Fsp3) is 0.176. The van der Waals surface area contributed by atoms with Crippen LogP contribution in [0.3, 0.4) is 0 Å². The van der Waals surface area contributed by atoms with E-state index in [-0.39, 0.29) is 11.5 Å². The molecule has 2 heterocycles. The van der Waals surface area contributed by atoms with Crippen LogP contribution in [0.1, 0.15) is 11.1 Å². The molecular weight excluding hydrogens is 385 g/mol. The van der Waals surface area contributed by atoms with Crippen LogP contribution in [0.4, 0.5) is 19.0 Å². The van der Waals surface area contributed by atoms with Gasteiger partial charge in [-0.15, -0.1) is 0 Å². The van der Waals surface area contributed by atoms with Gasteiger partial charge in [0.1, 0.15) is 11.4 Å². The van der Waals surface area contributed by atoms with Gasteiger partial charge in [-0.3, -0.25) is 4.68 Å². The largest absolute Gasteiger partial charge is 0.419 e. The van der Waals surface area contributed by atoms with Crippen LogP contribution in [-0.4, -0.2) is 14.8 Å². The van der Waals surface area contributed by atoms with Crippen LogP contribution in [0.2, 0.25) is 5.02 Å². The number of rotatable bonds is 4. The molecule has 3 rings (SSSR count). The molecule has 0 amide bonds. The zero-order chi connectivity index (χ0) is 18.9. The first-order valence-electron chi connectivity index (χ1n) is 7.51. The molecule has 26 heavy (non-hydrogen) atoms. The minimum Gasteiger partial charge on any atom is -0.310 e. The molecule has 0 aliphatic heterocycles. The Morgan fingerprint density at radius 3 is 2.58 bits per heavy atom. The number of aryl methyl sites for hydroxylation is 2. The number of halogens is 4. The minimum atomic E-state index is -4.61. The second-order valence-corrected chi connectivity index (χ2v) is 6.87. The predicted molar refractivity (Wildman–Crippen MR) is 97.1 cm³/mol. The minimum absolute atomic E-state index is 0.197. The molecule has 4 nitrogen and oxygen atoms in total. The molecule has 0 unspecified atom stereocenters. The summed E-state index contributed by atoms with van der Waals surface area (Å²) in [5, 5.41) is 3.63. The van der Waals surface area contributed by atoms with Crippen LogP contribution >= 0.6 is 23.5 Å². The van der Waals surface area contributed by atoms with E-state index in [1.807, 2.05) is 0 Å². The summed E-state index contributed by atoms with van der Waals surface area (Å²) in [6.07, 6.45) is -1.21. The quantitative estimate of drug-likeness (QED) is 0.582. The van der Waals surface area contributed by atoms with E-state index < -0.39 is 16.8 Å². The van der Waals surface area contributed by atoms with Crippen molar-refractivity contribution in [1.29, 1.82) is 0 Å². The summed E-state index contributed by atoms with van der Waals surface area (Å²) in [7, 11) is 1.77. The third-order valence-electron chi connectivity index (χ3n) is 3.61. The molecule has 0 aliphatic rings. The highest BCUT2D eigenvalue weighted by molar-refractivity contribution is 8.00. The number of hydrogen-bond acceptors (Lipinski definition) is 4.